The molecule has 2 aromatic rings. The molecular formula is C9H7ClN4O2. The Labute approximate surface area is 95.1 Å². The monoisotopic (exact) mass is 238 g/mol. The maximum Gasteiger partial charge on any atom is 0.313 e. The molecule has 0 spiro atoms. The number of hydrogen-bond acceptors (Lipinski definition) is 5. The molecule has 0 amide bonds. The predicted molar refractivity (Wildman–Crippen MR) is 61.2 cm³/mol. The lowest BCUT2D eigenvalue weighted by molar-refractivity contribution is -0.384. The molecule has 7 heteroatoms. The van der Waals surface area contributed by atoms with Crippen LogP contribution in [0.25, 0.3) is 10.9 Å². The molecule has 1 heterocycles. The molecular weight excluding hydrogens is 232 g/mol. The van der Waals surface area contributed by atoms with Gasteiger partial charge in [0.2, 0.25) is 5.82 Å². The molecule has 0 bridgehead atoms. The zero-order chi connectivity index (χ0) is 11.7. The summed E-state index contributed by atoms with van der Waals surface area (Å²) in [7, 11) is 0. The molecule has 0 aliphatic carbocycles. The molecule has 0 unspecified atom stereocenters. The van der Waals surface area contributed by atoms with Crippen LogP contribution in [0.4, 0.5) is 11.5 Å². The number of nitrogen functional groups attached to an aromatic ring is 1. The Kier molecular flexibility index (Phi) is 2.59. The summed E-state index contributed by atoms with van der Waals surface area (Å²) in [6, 6.07) is 6.31. The summed E-state index contributed by atoms with van der Waals surface area (Å²) in [4.78, 5) is 14.2. The number of pyridine rings is 1. The Bertz CT molecular complexity index is 573. The average molecular weight is 239 g/mol. The third-order valence-electron chi connectivity index (χ3n) is 2.09. The molecule has 1 aromatic heterocycles. The summed E-state index contributed by atoms with van der Waals surface area (Å²) in [6.07, 6.45) is 0. The van der Waals surface area contributed by atoms with Crippen LogP contribution in [0.1, 0.15) is 0 Å². The fourth-order valence-corrected chi connectivity index (χ4v) is 1.56. The lowest BCUT2D eigenvalue weighted by Gasteiger charge is -2.03. The third-order valence-corrected chi connectivity index (χ3v) is 2.33. The second-order valence-corrected chi connectivity index (χ2v) is 3.53. The van der Waals surface area contributed by atoms with Gasteiger partial charge in [-0.3, -0.25) is 10.1 Å². The number of nitrogens with one attached hydrogen (secondary N) is 1. The summed E-state index contributed by atoms with van der Waals surface area (Å²) in [5.74, 6) is 5.19. The highest BCUT2D eigenvalue weighted by molar-refractivity contribution is 6.31. The van der Waals surface area contributed by atoms with Gasteiger partial charge in [-0.05, 0) is 18.2 Å². The number of hydrazine groups is 1. The SMILES string of the molecule is NNc1nc2ccc(Cl)cc2cc1[N+](=O)[O-]. The van der Waals surface area contributed by atoms with E-state index in [1.54, 1.807) is 18.2 Å². The number of fused-ring (bicyclic) bond motifs is 1. The van der Waals surface area contributed by atoms with Gasteiger partial charge in [-0.15, -0.1) is 0 Å². The van der Waals surface area contributed by atoms with Gasteiger partial charge in [0.1, 0.15) is 0 Å². The minimum absolute atomic E-state index is 0.0276. The minimum Gasteiger partial charge on any atom is -0.303 e. The van der Waals surface area contributed by atoms with Gasteiger partial charge in [-0.25, -0.2) is 10.8 Å². The fraction of sp³-hybridized carbons (Fsp3) is 0. The molecule has 0 atom stereocenters. The van der Waals surface area contributed by atoms with Crippen molar-refractivity contribution in [1.82, 2.24) is 4.98 Å². The smallest absolute Gasteiger partial charge is 0.303 e. The van der Waals surface area contributed by atoms with E-state index >= 15 is 0 Å². The van der Waals surface area contributed by atoms with Crippen LogP contribution >= 0.6 is 11.6 Å². The van der Waals surface area contributed by atoms with E-state index in [-0.39, 0.29) is 11.5 Å². The van der Waals surface area contributed by atoms with Gasteiger partial charge in [0.25, 0.3) is 0 Å². The van der Waals surface area contributed by atoms with Crippen LogP contribution in [0.2, 0.25) is 5.02 Å². The van der Waals surface area contributed by atoms with Crippen LogP contribution in [-0.4, -0.2) is 9.91 Å². The van der Waals surface area contributed by atoms with Gasteiger partial charge < -0.3 is 5.43 Å². The van der Waals surface area contributed by atoms with E-state index < -0.39 is 4.92 Å². The molecule has 0 saturated heterocycles. The van der Waals surface area contributed by atoms with Gasteiger partial charge >= 0.3 is 5.69 Å². The van der Waals surface area contributed by atoms with Crippen LogP contribution in [-0.2, 0) is 0 Å². The maximum atomic E-state index is 10.7. The Morgan fingerprint density at radius 2 is 2.19 bits per heavy atom. The second kappa shape index (κ2) is 3.92. The molecule has 1 aromatic carbocycles. The van der Waals surface area contributed by atoms with Crippen LogP contribution in [0.5, 0.6) is 0 Å². The molecule has 16 heavy (non-hydrogen) atoms. The van der Waals surface area contributed by atoms with E-state index in [1.165, 1.54) is 6.07 Å². The van der Waals surface area contributed by atoms with Crippen LogP contribution in [0.15, 0.2) is 24.3 Å². The van der Waals surface area contributed by atoms with Gasteiger partial charge in [0, 0.05) is 16.5 Å². The standard InChI is InChI=1S/C9H7ClN4O2/c10-6-1-2-7-5(3-6)4-8(14(15)16)9(12-7)13-11/h1-4H,11H2,(H,12,13). The quantitative estimate of drug-likeness (QED) is 0.475. The molecule has 0 saturated carbocycles. The van der Waals surface area contributed by atoms with Crippen molar-refractivity contribution in [1.29, 1.82) is 0 Å². The van der Waals surface area contributed by atoms with E-state index in [0.717, 1.165) is 0 Å². The van der Waals surface area contributed by atoms with E-state index in [2.05, 4.69) is 10.4 Å². The van der Waals surface area contributed by atoms with Gasteiger partial charge in [0.15, 0.2) is 0 Å². The lowest BCUT2D eigenvalue weighted by Crippen LogP contribution is -2.10. The first-order valence-corrected chi connectivity index (χ1v) is 4.71. The predicted octanol–water partition coefficient (Wildman–Crippen LogP) is 2.08. The van der Waals surface area contributed by atoms with Crippen LogP contribution in [0.3, 0.4) is 0 Å². The Morgan fingerprint density at radius 1 is 1.44 bits per heavy atom. The highest BCUT2D eigenvalue weighted by atomic mass is 35.5. The number of halogens is 1. The number of nitrogens with zero attached hydrogens (tertiary/aromatic N) is 2. The van der Waals surface area contributed by atoms with Crippen LogP contribution in [0, 0.1) is 10.1 Å². The van der Waals surface area contributed by atoms with E-state index in [0.29, 0.717) is 15.9 Å². The fourth-order valence-electron chi connectivity index (χ4n) is 1.38. The molecule has 82 valence electrons. The third kappa shape index (κ3) is 1.75. The number of rotatable bonds is 2. The zero-order valence-electron chi connectivity index (χ0n) is 7.98. The summed E-state index contributed by atoms with van der Waals surface area (Å²) < 4.78 is 0. The number of hydrogen-bond donors (Lipinski definition) is 2. The van der Waals surface area contributed by atoms with Gasteiger partial charge in [0.05, 0.1) is 10.4 Å². The lowest BCUT2D eigenvalue weighted by atomic mass is 10.2. The van der Waals surface area contributed by atoms with E-state index in [4.69, 9.17) is 17.4 Å². The van der Waals surface area contributed by atoms with Crippen molar-refractivity contribution in [3.63, 3.8) is 0 Å². The second-order valence-electron chi connectivity index (χ2n) is 3.09. The van der Waals surface area contributed by atoms with Crippen molar-refractivity contribution in [3.8, 4) is 0 Å². The van der Waals surface area contributed by atoms with Gasteiger partial charge in [-0.2, -0.15) is 0 Å². The average Bonchev–Trinajstić information content (AvgIpc) is 2.27. The van der Waals surface area contributed by atoms with Crippen molar-refractivity contribution in [2.45, 2.75) is 0 Å². The van der Waals surface area contributed by atoms with Crippen LogP contribution < -0.4 is 11.3 Å². The Hall–Kier alpha value is -1.92. The molecule has 6 nitrogen and oxygen atoms in total. The van der Waals surface area contributed by atoms with Crippen molar-refractivity contribution >= 4 is 34.0 Å². The first kappa shape index (κ1) is 10.6. The summed E-state index contributed by atoms with van der Waals surface area (Å²) in [6.45, 7) is 0. The normalized spacial score (nSPS) is 10.4. The van der Waals surface area contributed by atoms with Crippen molar-refractivity contribution in [3.05, 3.63) is 39.4 Å². The summed E-state index contributed by atoms with van der Waals surface area (Å²) in [5, 5.41) is 11.8. The van der Waals surface area contributed by atoms with Gasteiger partial charge in [-0.1, -0.05) is 11.6 Å². The molecule has 2 rings (SSSR count). The highest BCUT2D eigenvalue weighted by Gasteiger charge is 2.15. The Morgan fingerprint density at radius 3 is 2.81 bits per heavy atom. The first-order chi connectivity index (χ1) is 7.61. The maximum absolute atomic E-state index is 10.7. The number of anilines is 1. The molecule has 3 N–H and O–H groups in total. The first-order valence-electron chi connectivity index (χ1n) is 4.33. The van der Waals surface area contributed by atoms with E-state index in [1.807, 2.05) is 0 Å². The Balaban J connectivity index is 2.75. The number of nitrogens with two attached hydrogens (primary N) is 1. The minimum atomic E-state index is -0.553. The molecule has 0 radical (unpaired) electrons. The van der Waals surface area contributed by atoms with E-state index in [9.17, 15) is 10.1 Å². The largest absolute Gasteiger partial charge is 0.313 e. The topological polar surface area (TPSA) is 94.1 Å². The molecule has 0 aliphatic rings. The highest BCUT2D eigenvalue weighted by Crippen LogP contribution is 2.27. The molecule has 0 fully saturated rings. The van der Waals surface area contributed by atoms with Crippen molar-refractivity contribution in [2.75, 3.05) is 5.43 Å². The van der Waals surface area contributed by atoms with Crippen molar-refractivity contribution < 1.29 is 4.92 Å². The number of nitro groups is 1. The molecule has 0 aliphatic heterocycles. The zero-order valence-corrected chi connectivity index (χ0v) is 8.73. The van der Waals surface area contributed by atoms with Crippen molar-refractivity contribution in [2.24, 2.45) is 5.84 Å². The summed E-state index contributed by atoms with van der Waals surface area (Å²) in [5.41, 5.74) is 2.60. The number of benzene rings is 1. The summed E-state index contributed by atoms with van der Waals surface area (Å²) >= 11 is 5.79. The number of aromatic nitrogens is 1.